The van der Waals surface area contributed by atoms with Gasteiger partial charge in [-0.2, -0.15) is 0 Å². The zero-order chi connectivity index (χ0) is 14.7. The maximum atomic E-state index is 11.8. The lowest BCUT2D eigenvalue weighted by Crippen LogP contribution is -2.23. The number of rotatable bonds is 5. The highest BCUT2D eigenvalue weighted by molar-refractivity contribution is 7.07. The molecule has 0 aliphatic rings. The molecule has 0 aromatic carbocycles. The Kier molecular flexibility index (Phi) is 3.78. The number of nitrogens with one attached hydrogen (secondary N) is 3. The lowest BCUT2D eigenvalue weighted by atomic mass is 10.3. The Morgan fingerprint density at radius 1 is 1.38 bits per heavy atom. The van der Waals surface area contributed by atoms with E-state index < -0.39 is 0 Å². The third-order valence-electron chi connectivity index (χ3n) is 2.94. The van der Waals surface area contributed by atoms with Crippen molar-refractivity contribution in [1.29, 1.82) is 0 Å². The van der Waals surface area contributed by atoms with Gasteiger partial charge in [0.25, 0.3) is 0 Å². The Labute approximate surface area is 123 Å². The number of carbonyl (C=O) groups excluding carboxylic acids is 1. The van der Waals surface area contributed by atoms with Gasteiger partial charge in [0.1, 0.15) is 5.82 Å². The molecule has 1 amide bonds. The number of pyridine rings is 1. The van der Waals surface area contributed by atoms with Crippen molar-refractivity contribution in [3.8, 4) is 0 Å². The summed E-state index contributed by atoms with van der Waals surface area (Å²) >= 11 is 1.08. The van der Waals surface area contributed by atoms with Crippen LogP contribution in [0.1, 0.15) is 17.9 Å². The molecule has 0 unspecified atom stereocenters. The maximum absolute atomic E-state index is 11.8. The van der Waals surface area contributed by atoms with Gasteiger partial charge in [0.2, 0.25) is 5.91 Å². The average molecular weight is 303 g/mol. The third-order valence-corrected chi connectivity index (χ3v) is 3.66. The largest absolute Gasteiger partial charge is 0.350 e. The molecular formula is C13H13N5O2S. The fourth-order valence-corrected chi connectivity index (χ4v) is 2.51. The molecule has 0 fully saturated rings. The van der Waals surface area contributed by atoms with E-state index >= 15 is 0 Å². The SMILES string of the molecule is O=C(CCc1nc2ncccc2[nH]1)NCc1csc(=O)[nH]1. The van der Waals surface area contributed by atoms with Crippen LogP contribution in [0, 0.1) is 0 Å². The van der Waals surface area contributed by atoms with Crippen LogP contribution in [0.15, 0.2) is 28.5 Å². The molecule has 3 aromatic rings. The highest BCUT2D eigenvalue weighted by Gasteiger charge is 2.07. The first-order valence-corrected chi connectivity index (χ1v) is 7.31. The molecule has 3 heterocycles. The van der Waals surface area contributed by atoms with Crippen LogP contribution >= 0.6 is 11.3 Å². The van der Waals surface area contributed by atoms with Crippen LogP contribution < -0.4 is 10.2 Å². The predicted octanol–water partition coefficient (Wildman–Crippen LogP) is 0.957. The minimum Gasteiger partial charge on any atom is -0.350 e. The van der Waals surface area contributed by atoms with Crippen LogP contribution in [-0.4, -0.2) is 25.8 Å². The van der Waals surface area contributed by atoms with Crippen molar-refractivity contribution in [2.24, 2.45) is 0 Å². The summed E-state index contributed by atoms with van der Waals surface area (Å²) in [5, 5.41) is 4.46. The summed E-state index contributed by atoms with van der Waals surface area (Å²) in [6, 6.07) is 3.73. The molecule has 0 saturated heterocycles. The first-order chi connectivity index (χ1) is 10.2. The number of H-pyrrole nitrogens is 2. The van der Waals surface area contributed by atoms with E-state index in [0.717, 1.165) is 22.7 Å². The molecule has 3 rings (SSSR count). The molecule has 0 bridgehead atoms. The number of nitrogens with zero attached hydrogens (tertiary/aromatic N) is 2. The van der Waals surface area contributed by atoms with E-state index in [-0.39, 0.29) is 10.8 Å². The van der Waals surface area contributed by atoms with Gasteiger partial charge in [-0.05, 0) is 12.1 Å². The lowest BCUT2D eigenvalue weighted by molar-refractivity contribution is -0.121. The Hall–Kier alpha value is -2.48. The van der Waals surface area contributed by atoms with Gasteiger partial charge in [-0.3, -0.25) is 9.59 Å². The summed E-state index contributed by atoms with van der Waals surface area (Å²) in [4.78, 5) is 36.8. The quantitative estimate of drug-likeness (QED) is 0.653. The maximum Gasteiger partial charge on any atom is 0.304 e. The predicted molar refractivity (Wildman–Crippen MR) is 79.0 cm³/mol. The van der Waals surface area contributed by atoms with Crippen molar-refractivity contribution in [1.82, 2.24) is 25.3 Å². The summed E-state index contributed by atoms with van der Waals surface area (Å²) in [6.45, 7) is 0.333. The van der Waals surface area contributed by atoms with Crippen molar-refractivity contribution in [3.05, 3.63) is 44.9 Å². The smallest absolute Gasteiger partial charge is 0.304 e. The second-order valence-corrected chi connectivity index (χ2v) is 5.35. The van der Waals surface area contributed by atoms with E-state index in [2.05, 4.69) is 25.3 Å². The summed E-state index contributed by atoms with van der Waals surface area (Å²) in [5.41, 5.74) is 2.24. The van der Waals surface area contributed by atoms with Crippen molar-refractivity contribution in [2.45, 2.75) is 19.4 Å². The summed E-state index contributed by atoms with van der Waals surface area (Å²) in [5.74, 6) is 0.651. The first-order valence-electron chi connectivity index (χ1n) is 6.44. The van der Waals surface area contributed by atoms with Gasteiger partial charge in [-0.25, -0.2) is 9.97 Å². The van der Waals surface area contributed by atoms with Crippen LogP contribution in [0.25, 0.3) is 11.2 Å². The van der Waals surface area contributed by atoms with Gasteiger partial charge < -0.3 is 15.3 Å². The number of fused-ring (bicyclic) bond motifs is 1. The molecule has 7 nitrogen and oxygen atoms in total. The van der Waals surface area contributed by atoms with Crippen molar-refractivity contribution in [3.63, 3.8) is 0 Å². The zero-order valence-electron chi connectivity index (χ0n) is 11.0. The van der Waals surface area contributed by atoms with E-state index in [1.54, 1.807) is 11.6 Å². The fourth-order valence-electron chi connectivity index (χ4n) is 1.93. The molecule has 0 aliphatic carbocycles. The van der Waals surface area contributed by atoms with Crippen LogP contribution in [0.5, 0.6) is 0 Å². The fraction of sp³-hybridized carbons (Fsp3) is 0.231. The van der Waals surface area contributed by atoms with E-state index in [1.807, 2.05) is 12.1 Å². The number of aromatic amines is 2. The van der Waals surface area contributed by atoms with Crippen LogP contribution in [0.4, 0.5) is 0 Å². The average Bonchev–Trinajstić information content (AvgIpc) is 3.08. The number of hydrogen-bond acceptors (Lipinski definition) is 5. The molecular weight excluding hydrogens is 290 g/mol. The van der Waals surface area contributed by atoms with Gasteiger partial charge in [-0.1, -0.05) is 11.3 Å². The zero-order valence-corrected chi connectivity index (χ0v) is 11.9. The molecule has 8 heteroatoms. The number of carbonyl (C=O) groups is 1. The minimum absolute atomic E-state index is 0.0875. The third kappa shape index (κ3) is 3.34. The van der Waals surface area contributed by atoms with Gasteiger partial charge in [0.15, 0.2) is 5.65 Å². The van der Waals surface area contributed by atoms with E-state index in [4.69, 9.17) is 0 Å². The highest BCUT2D eigenvalue weighted by Crippen LogP contribution is 2.08. The van der Waals surface area contributed by atoms with E-state index in [0.29, 0.717) is 30.7 Å². The highest BCUT2D eigenvalue weighted by atomic mass is 32.1. The molecule has 108 valence electrons. The summed E-state index contributed by atoms with van der Waals surface area (Å²) in [7, 11) is 0. The molecule has 0 radical (unpaired) electrons. The first kappa shape index (κ1) is 13.5. The van der Waals surface area contributed by atoms with Gasteiger partial charge in [0, 0.05) is 30.1 Å². The number of hydrogen-bond donors (Lipinski definition) is 3. The molecule has 0 atom stereocenters. The number of aromatic nitrogens is 4. The molecule has 21 heavy (non-hydrogen) atoms. The lowest BCUT2D eigenvalue weighted by Gasteiger charge is -2.02. The van der Waals surface area contributed by atoms with Crippen LogP contribution in [0.2, 0.25) is 0 Å². The Morgan fingerprint density at radius 2 is 2.29 bits per heavy atom. The molecule has 0 spiro atoms. The van der Waals surface area contributed by atoms with Gasteiger partial charge in [-0.15, -0.1) is 0 Å². The van der Waals surface area contributed by atoms with E-state index in [9.17, 15) is 9.59 Å². The van der Waals surface area contributed by atoms with Gasteiger partial charge >= 0.3 is 4.87 Å². The summed E-state index contributed by atoms with van der Waals surface area (Å²) in [6.07, 6.45) is 2.53. The molecule has 0 saturated carbocycles. The molecule has 3 aromatic heterocycles. The Morgan fingerprint density at radius 3 is 3.05 bits per heavy atom. The molecule has 0 aliphatic heterocycles. The van der Waals surface area contributed by atoms with Gasteiger partial charge in [0.05, 0.1) is 12.1 Å². The number of imidazole rings is 1. The second-order valence-electron chi connectivity index (χ2n) is 4.51. The van der Waals surface area contributed by atoms with Crippen molar-refractivity contribution >= 4 is 28.4 Å². The van der Waals surface area contributed by atoms with Crippen molar-refractivity contribution in [2.75, 3.05) is 0 Å². The Bertz CT molecular complexity index is 786. The number of thiazole rings is 1. The second kappa shape index (κ2) is 5.88. The van der Waals surface area contributed by atoms with E-state index in [1.165, 1.54) is 0 Å². The normalized spacial score (nSPS) is 10.9. The summed E-state index contributed by atoms with van der Waals surface area (Å²) < 4.78 is 0. The van der Waals surface area contributed by atoms with Crippen LogP contribution in [0.3, 0.4) is 0 Å². The molecule has 3 N–H and O–H groups in total. The number of aryl methyl sites for hydroxylation is 1. The topological polar surface area (TPSA) is 104 Å². The minimum atomic E-state index is -0.117. The van der Waals surface area contributed by atoms with Crippen LogP contribution in [-0.2, 0) is 17.8 Å². The number of amides is 1. The standard InChI is InChI=1S/C13H13N5O2S/c19-11(15-6-8-7-21-13(20)16-8)4-3-10-17-9-2-1-5-14-12(9)18-10/h1-2,5,7H,3-4,6H2,(H,15,19)(H,16,20)(H,14,17,18). The van der Waals surface area contributed by atoms with Crippen molar-refractivity contribution < 1.29 is 4.79 Å². The Balaban J connectivity index is 1.52. The monoisotopic (exact) mass is 303 g/mol.